The summed E-state index contributed by atoms with van der Waals surface area (Å²) in [5.74, 6) is 0.995. The molecule has 0 aromatic heterocycles. The van der Waals surface area contributed by atoms with E-state index in [-0.39, 0.29) is 17.0 Å². The minimum Gasteiger partial charge on any atom is -0.381 e. The molecular formula is C23H29F2N3OS. The fraction of sp³-hybridized carbons (Fsp3) is 0.435. The molecule has 0 amide bonds. The van der Waals surface area contributed by atoms with Gasteiger partial charge in [-0.1, -0.05) is 18.2 Å². The molecular weight excluding hydrogens is 404 g/mol. The Hall–Kier alpha value is -2.12. The van der Waals surface area contributed by atoms with E-state index in [1.807, 2.05) is 24.5 Å². The summed E-state index contributed by atoms with van der Waals surface area (Å²) in [7, 11) is 1.73. The molecule has 1 saturated heterocycles. The second kappa shape index (κ2) is 10.8. The van der Waals surface area contributed by atoms with Crippen LogP contribution >= 0.6 is 11.8 Å². The summed E-state index contributed by atoms with van der Waals surface area (Å²) in [5.41, 5.74) is 3.00. The maximum absolute atomic E-state index is 13.6. The highest BCUT2D eigenvalue weighted by Crippen LogP contribution is 2.34. The van der Waals surface area contributed by atoms with Crippen molar-refractivity contribution in [2.45, 2.75) is 30.6 Å². The summed E-state index contributed by atoms with van der Waals surface area (Å²) >= 11 is 1.67. The third-order valence-corrected chi connectivity index (χ3v) is 6.24. The largest absolute Gasteiger partial charge is 0.381 e. The van der Waals surface area contributed by atoms with Gasteiger partial charge in [0.2, 0.25) is 0 Å². The molecule has 0 spiro atoms. The van der Waals surface area contributed by atoms with Gasteiger partial charge in [0.25, 0.3) is 0 Å². The van der Waals surface area contributed by atoms with Crippen LogP contribution in [0.5, 0.6) is 0 Å². The number of nitrogens with zero attached hydrogens (tertiary/aromatic N) is 1. The number of ether oxygens (including phenoxy) is 1. The molecule has 1 fully saturated rings. The molecule has 3 rings (SSSR count). The summed E-state index contributed by atoms with van der Waals surface area (Å²) in [4.78, 5) is 4.34. The van der Waals surface area contributed by atoms with Gasteiger partial charge in [0.1, 0.15) is 11.6 Å². The Morgan fingerprint density at radius 3 is 2.40 bits per heavy atom. The standard InChI is InChI=1S/C23H29F2N3OS/c1-26-22(27-14-17-3-6-21(25)13-18(17)15-30-2)28-16-23(9-11-29-12-10-23)19-4-7-20(24)8-5-19/h3-8,13H,9-12,14-16H2,1-2H3,(H2,26,27,28). The predicted molar refractivity (Wildman–Crippen MR) is 120 cm³/mol. The summed E-state index contributed by atoms with van der Waals surface area (Å²) < 4.78 is 32.6. The number of benzene rings is 2. The van der Waals surface area contributed by atoms with Crippen molar-refractivity contribution in [3.8, 4) is 0 Å². The first kappa shape index (κ1) is 22.6. The molecule has 0 atom stereocenters. The first-order valence-corrected chi connectivity index (χ1v) is 11.5. The number of guanidine groups is 1. The minimum atomic E-state index is -0.230. The van der Waals surface area contributed by atoms with E-state index in [1.54, 1.807) is 24.9 Å². The highest BCUT2D eigenvalue weighted by Gasteiger charge is 2.34. The second-order valence-corrected chi connectivity index (χ2v) is 8.39. The molecule has 2 aromatic rings. The van der Waals surface area contributed by atoms with Crippen LogP contribution in [0.4, 0.5) is 8.78 Å². The number of rotatable bonds is 7. The molecule has 2 N–H and O–H groups in total. The number of hydrogen-bond donors (Lipinski definition) is 2. The SMILES string of the molecule is CN=C(NCc1ccc(F)cc1CSC)NCC1(c2ccc(F)cc2)CCOCC1. The number of nitrogens with one attached hydrogen (secondary N) is 2. The molecule has 30 heavy (non-hydrogen) atoms. The molecule has 4 nitrogen and oxygen atoms in total. The zero-order chi connectivity index (χ0) is 21.4. The Labute approximate surface area is 181 Å². The third kappa shape index (κ3) is 5.73. The van der Waals surface area contributed by atoms with Crippen molar-refractivity contribution < 1.29 is 13.5 Å². The molecule has 2 aromatic carbocycles. The van der Waals surface area contributed by atoms with Crippen molar-refractivity contribution >= 4 is 17.7 Å². The molecule has 1 aliphatic heterocycles. The quantitative estimate of drug-likeness (QED) is 0.506. The number of hydrogen-bond acceptors (Lipinski definition) is 3. The Balaban J connectivity index is 1.67. The van der Waals surface area contributed by atoms with Gasteiger partial charge in [-0.05, 0) is 60.1 Å². The summed E-state index contributed by atoms with van der Waals surface area (Å²) in [6.45, 7) is 2.59. The lowest BCUT2D eigenvalue weighted by atomic mass is 9.74. The topological polar surface area (TPSA) is 45.7 Å². The predicted octanol–water partition coefficient (Wildman–Crippen LogP) is 4.24. The molecule has 7 heteroatoms. The maximum atomic E-state index is 13.6. The second-order valence-electron chi connectivity index (χ2n) is 7.52. The Morgan fingerprint density at radius 2 is 1.73 bits per heavy atom. The van der Waals surface area contributed by atoms with E-state index in [4.69, 9.17) is 4.74 Å². The van der Waals surface area contributed by atoms with Crippen molar-refractivity contribution in [3.63, 3.8) is 0 Å². The summed E-state index contributed by atoms with van der Waals surface area (Å²) in [5, 5.41) is 6.77. The number of thioether (sulfide) groups is 1. The van der Waals surface area contributed by atoms with Crippen LogP contribution in [0.25, 0.3) is 0 Å². The van der Waals surface area contributed by atoms with Gasteiger partial charge in [-0.25, -0.2) is 8.78 Å². The van der Waals surface area contributed by atoms with Crippen LogP contribution in [-0.2, 0) is 22.4 Å². The smallest absolute Gasteiger partial charge is 0.191 e. The van der Waals surface area contributed by atoms with Gasteiger partial charge in [-0.3, -0.25) is 4.99 Å². The van der Waals surface area contributed by atoms with E-state index >= 15 is 0 Å². The van der Waals surface area contributed by atoms with Gasteiger partial charge in [0.15, 0.2) is 5.96 Å². The van der Waals surface area contributed by atoms with Gasteiger partial charge in [0, 0.05) is 44.5 Å². The van der Waals surface area contributed by atoms with Gasteiger partial charge >= 0.3 is 0 Å². The highest BCUT2D eigenvalue weighted by molar-refractivity contribution is 7.97. The number of aliphatic imine (C=N–C) groups is 1. The minimum absolute atomic E-state index is 0.135. The molecule has 0 aliphatic carbocycles. The van der Waals surface area contributed by atoms with Crippen molar-refractivity contribution in [2.24, 2.45) is 4.99 Å². The van der Waals surface area contributed by atoms with Crippen molar-refractivity contribution in [2.75, 3.05) is 33.1 Å². The van der Waals surface area contributed by atoms with Gasteiger partial charge in [0.05, 0.1) is 0 Å². The molecule has 162 valence electrons. The van der Waals surface area contributed by atoms with Gasteiger partial charge in [-0.15, -0.1) is 0 Å². The van der Waals surface area contributed by atoms with Crippen molar-refractivity contribution in [3.05, 3.63) is 70.8 Å². The van der Waals surface area contributed by atoms with E-state index in [2.05, 4.69) is 15.6 Å². The zero-order valence-corrected chi connectivity index (χ0v) is 18.3. The van der Waals surface area contributed by atoms with Gasteiger partial charge < -0.3 is 15.4 Å². The maximum Gasteiger partial charge on any atom is 0.191 e. The zero-order valence-electron chi connectivity index (χ0n) is 17.5. The van der Waals surface area contributed by atoms with Crippen LogP contribution in [0.1, 0.15) is 29.5 Å². The van der Waals surface area contributed by atoms with Crippen molar-refractivity contribution in [1.82, 2.24) is 10.6 Å². The van der Waals surface area contributed by atoms with E-state index in [0.717, 1.165) is 35.3 Å². The van der Waals surface area contributed by atoms with Crippen LogP contribution in [0.15, 0.2) is 47.5 Å². The monoisotopic (exact) mass is 433 g/mol. The van der Waals surface area contributed by atoms with E-state index in [1.165, 1.54) is 18.2 Å². The Kier molecular flexibility index (Phi) is 8.10. The molecule has 1 heterocycles. The fourth-order valence-corrected chi connectivity index (χ4v) is 4.42. The van der Waals surface area contributed by atoms with Crippen LogP contribution in [0, 0.1) is 11.6 Å². The average molecular weight is 434 g/mol. The molecule has 0 radical (unpaired) electrons. The van der Waals surface area contributed by atoms with Crippen LogP contribution < -0.4 is 10.6 Å². The molecule has 0 unspecified atom stereocenters. The lowest BCUT2D eigenvalue weighted by Crippen LogP contribution is -2.48. The Morgan fingerprint density at radius 1 is 1.03 bits per heavy atom. The lowest BCUT2D eigenvalue weighted by Gasteiger charge is -2.38. The molecule has 1 aliphatic rings. The van der Waals surface area contributed by atoms with Gasteiger partial charge in [-0.2, -0.15) is 11.8 Å². The number of halogens is 2. The summed E-state index contributed by atoms with van der Waals surface area (Å²) in [6.07, 6.45) is 3.72. The Bertz CT molecular complexity index is 852. The molecule has 0 bridgehead atoms. The van der Waals surface area contributed by atoms with E-state index in [0.29, 0.717) is 32.3 Å². The van der Waals surface area contributed by atoms with Crippen molar-refractivity contribution in [1.29, 1.82) is 0 Å². The van der Waals surface area contributed by atoms with E-state index < -0.39 is 0 Å². The first-order chi connectivity index (χ1) is 14.6. The summed E-state index contributed by atoms with van der Waals surface area (Å²) in [6, 6.07) is 11.7. The van der Waals surface area contributed by atoms with Crippen LogP contribution in [-0.4, -0.2) is 39.0 Å². The van der Waals surface area contributed by atoms with Crippen LogP contribution in [0.2, 0.25) is 0 Å². The highest BCUT2D eigenvalue weighted by atomic mass is 32.2. The average Bonchev–Trinajstić information content (AvgIpc) is 2.76. The lowest BCUT2D eigenvalue weighted by molar-refractivity contribution is 0.0513. The molecule has 0 saturated carbocycles. The normalized spacial score (nSPS) is 16.3. The van der Waals surface area contributed by atoms with E-state index in [9.17, 15) is 8.78 Å². The fourth-order valence-electron chi connectivity index (χ4n) is 3.84. The van der Waals surface area contributed by atoms with Crippen LogP contribution in [0.3, 0.4) is 0 Å². The third-order valence-electron chi connectivity index (χ3n) is 5.64. The first-order valence-electron chi connectivity index (χ1n) is 10.1.